The maximum absolute atomic E-state index is 5.49. The van der Waals surface area contributed by atoms with Crippen LogP contribution in [0.15, 0.2) is 218 Å². The van der Waals surface area contributed by atoms with Crippen LogP contribution in [0.25, 0.3) is 121 Å². The summed E-state index contributed by atoms with van der Waals surface area (Å²) < 4.78 is 4.62. The van der Waals surface area contributed by atoms with E-state index < -0.39 is 5.41 Å². The van der Waals surface area contributed by atoms with Crippen LogP contribution in [0.5, 0.6) is 0 Å². The van der Waals surface area contributed by atoms with Gasteiger partial charge < -0.3 is 0 Å². The molecule has 308 valence electrons. The molecule has 4 heteroatoms. The molecule has 1 atom stereocenters. The number of aromatic nitrogens is 4. The van der Waals surface area contributed by atoms with Gasteiger partial charge in [-0.25, -0.2) is 9.97 Å². The lowest BCUT2D eigenvalue weighted by molar-refractivity contribution is 0.802. The lowest BCUT2D eigenvalue weighted by Gasteiger charge is -2.32. The second-order valence-corrected chi connectivity index (χ2v) is 18.4. The normalized spacial score (nSPS) is 14.9. The number of nitrogens with zero attached hydrogens (tertiary/aromatic N) is 4. The van der Waals surface area contributed by atoms with Crippen LogP contribution in [-0.4, -0.2) is 18.9 Å². The van der Waals surface area contributed by atoms with Crippen LogP contribution in [0.1, 0.15) is 22.3 Å². The fourth-order valence-electron chi connectivity index (χ4n) is 12.7. The van der Waals surface area contributed by atoms with Crippen molar-refractivity contribution < 1.29 is 0 Å². The van der Waals surface area contributed by atoms with Crippen LogP contribution < -0.4 is 0 Å². The van der Waals surface area contributed by atoms with Crippen LogP contribution >= 0.6 is 0 Å². The Bertz CT molecular complexity index is 4530. The quantitative estimate of drug-likeness (QED) is 0.162. The number of fused-ring (bicyclic) bond motifs is 25. The van der Waals surface area contributed by atoms with E-state index in [1.165, 1.54) is 98.7 Å². The van der Waals surface area contributed by atoms with E-state index in [4.69, 9.17) is 9.97 Å². The third kappa shape index (κ3) is 4.38. The first-order valence-electron chi connectivity index (χ1n) is 23.2. The highest BCUT2D eigenvalue weighted by Crippen LogP contribution is 2.65. The van der Waals surface area contributed by atoms with E-state index in [0.717, 1.165) is 44.6 Å². The van der Waals surface area contributed by atoms with Gasteiger partial charge in [0, 0.05) is 16.2 Å². The number of benzene rings is 11. The molecule has 0 amide bonds. The Kier molecular flexibility index (Phi) is 6.72. The molecule has 4 nitrogen and oxygen atoms in total. The second-order valence-electron chi connectivity index (χ2n) is 18.4. The molecule has 67 heavy (non-hydrogen) atoms. The predicted molar refractivity (Wildman–Crippen MR) is 277 cm³/mol. The summed E-state index contributed by atoms with van der Waals surface area (Å²) in [5, 5.41) is 11.1. The van der Waals surface area contributed by atoms with Crippen molar-refractivity contribution in [2.45, 2.75) is 5.41 Å². The summed E-state index contributed by atoms with van der Waals surface area (Å²) in [5.74, 6) is 0.820. The van der Waals surface area contributed by atoms with Gasteiger partial charge in [0.1, 0.15) is 5.65 Å². The van der Waals surface area contributed by atoms with E-state index in [1.807, 2.05) is 0 Å². The zero-order valence-electron chi connectivity index (χ0n) is 36.1. The molecule has 3 heterocycles. The Morgan fingerprint density at radius 3 is 1.81 bits per heavy atom. The minimum atomic E-state index is -0.519. The van der Waals surface area contributed by atoms with Crippen molar-refractivity contribution in [3.05, 3.63) is 241 Å². The van der Waals surface area contributed by atoms with Gasteiger partial charge in [-0.05, 0) is 136 Å². The van der Waals surface area contributed by atoms with Crippen LogP contribution in [0, 0.1) is 0 Å². The summed E-state index contributed by atoms with van der Waals surface area (Å²) in [6, 6.07) is 80.9. The Morgan fingerprint density at radius 2 is 0.955 bits per heavy atom. The maximum Gasteiger partial charge on any atom is 0.221 e. The molecule has 2 aliphatic rings. The van der Waals surface area contributed by atoms with Crippen molar-refractivity contribution in [3.63, 3.8) is 0 Å². The first-order chi connectivity index (χ1) is 33.3. The SMILES string of the molecule is c1ccc2c(c1)-c1ccc(-c3ccc4c(c3)c3c5ccccc5ccc3n4-c3nc4ccccc4c4nc5ccccc5n34)cc1C21c2ccccc2-c2c1c1ccccc1c1ccccc21. The van der Waals surface area contributed by atoms with Gasteiger partial charge in [-0.2, -0.15) is 0 Å². The molecule has 14 aromatic rings. The van der Waals surface area contributed by atoms with Crippen molar-refractivity contribution in [2.75, 3.05) is 0 Å². The molecule has 1 spiro atoms. The molecular weight excluding hydrogens is 813 g/mol. The Labute approximate surface area is 384 Å². The van der Waals surface area contributed by atoms with Crippen molar-refractivity contribution in [2.24, 2.45) is 0 Å². The zero-order valence-corrected chi connectivity index (χ0v) is 36.1. The molecule has 3 aromatic heterocycles. The first kappa shape index (κ1) is 35.5. The number of hydrogen-bond acceptors (Lipinski definition) is 2. The molecule has 0 saturated carbocycles. The van der Waals surface area contributed by atoms with Gasteiger partial charge in [-0.1, -0.05) is 170 Å². The molecule has 1 unspecified atom stereocenters. The van der Waals surface area contributed by atoms with Crippen molar-refractivity contribution in [3.8, 4) is 39.3 Å². The topological polar surface area (TPSA) is 35.1 Å². The van der Waals surface area contributed by atoms with Crippen LogP contribution in [0.4, 0.5) is 0 Å². The van der Waals surface area contributed by atoms with E-state index >= 15 is 0 Å². The van der Waals surface area contributed by atoms with Gasteiger partial charge in [0.2, 0.25) is 5.95 Å². The van der Waals surface area contributed by atoms with E-state index in [-0.39, 0.29) is 0 Å². The third-order valence-corrected chi connectivity index (χ3v) is 15.3. The van der Waals surface area contributed by atoms with E-state index in [0.29, 0.717) is 0 Å². The molecule has 16 rings (SSSR count). The predicted octanol–water partition coefficient (Wildman–Crippen LogP) is 15.6. The molecule has 0 fully saturated rings. The van der Waals surface area contributed by atoms with E-state index in [9.17, 15) is 0 Å². The minimum absolute atomic E-state index is 0.519. The zero-order chi connectivity index (χ0) is 43.5. The number of rotatable bonds is 2. The highest BCUT2D eigenvalue weighted by atomic mass is 15.2. The summed E-state index contributed by atoms with van der Waals surface area (Å²) in [6.45, 7) is 0. The second kappa shape index (κ2) is 12.7. The monoisotopic (exact) mass is 848 g/mol. The summed E-state index contributed by atoms with van der Waals surface area (Å²) in [4.78, 5) is 10.7. The molecule has 2 aliphatic carbocycles. The van der Waals surface area contributed by atoms with Gasteiger partial charge in [0.05, 0.1) is 33.0 Å². The smallest absolute Gasteiger partial charge is 0.221 e. The highest BCUT2D eigenvalue weighted by Gasteiger charge is 2.53. The van der Waals surface area contributed by atoms with Gasteiger partial charge >= 0.3 is 0 Å². The molecule has 0 bridgehead atoms. The fourth-order valence-corrected chi connectivity index (χ4v) is 12.7. The lowest BCUT2D eigenvalue weighted by atomic mass is 9.69. The van der Waals surface area contributed by atoms with Crippen LogP contribution in [0.3, 0.4) is 0 Å². The Morgan fingerprint density at radius 1 is 0.358 bits per heavy atom. The molecule has 0 N–H and O–H groups in total. The molecule has 0 aliphatic heterocycles. The third-order valence-electron chi connectivity index (χ3n) is 15.3. The molecule has 0 radical (unpaired) electrons. The largest absolute Gasteiger partial charge is 0.279 e. The van der Waals surface area contributed by atoms with Crippen molar-refractivity contribution >= 4 is 81.7 Å². The number of para-hydroxylation sites is 3. The Balaban J connectivity index is 0.999. The van der Waals surface area contributed by atoms with Gasteiger partial charge in [-0.15, -0.1) is 0 Å². The number of hydrogen-bond donors (Lipinski definition) is 0. The standard InChI is InChI=1S/C63H36N4/c1-2-16-40-37(15-1)30-34-57-58(40)49-35-38(31-33-55(49)66(57)62-65-53-26-12-9-23-48(53)61-64-54-27-13-14-28-56(54)67(61)62)39-29-32-44-43-19-7-10-24-50(43)63(52(44)36-39)51-25-11-8-22-47(51)59-45-20-5-3-17-41(45)42-18-4-6-21-46(42)60(59)63/h1-36H. The van der Waals surface area contributed by atoms with Crippen LogP contribution in [0.2, 0.25) is 0 Å². The highest BCUT2D eigenvalue weighted by molar-refractivity contribution is 6.23. The van der Waals surface area contributed by atoms with Crippen molar-refractivity contribution in [1.82, 2.24) is 18.9 Å². The molecule has 0 saturated heterocycles. The van der Waals surface area contributed by atoms with E-state index in [2.05, 4.69) is 227 Å². The maximum atomic E-state index is 5.49. The van der Waals surface area contributed by atoms with Crippen molar-refractivity contribution in [1.29, 1.82) is 0 Å². The fraction of sp³-hybridized carbons (Fsp3) is 0.0159. The molecule has 11 aromatic carbocycles. The van der Waals surface area contributed by atoms with Crippen LogP contribution in [-0.2, 0) is 5.41 Å². The van der Waals surface area contributed by atoms with Gasteiger partial charge in [-0.3, -0.25) is 8.97 Å². The average molecular weight is 849 g/mol. The lowest BCUT2D eigenvalue weighted by Crippen LogP contribution is -2.26. The van der Waals surface area contributed by atoms with Gasteiger partial charge in [0.25, 0.3) is 0 Å². The molecular formula is C63H36N4. The van der Waals surface area contributed by atoms with E-state index in [1.54, 1.807) is 0 Å². The summed E-state index contributed by atoms with van der Waals surface area (Å²) in [5.41, 5.74) is 18.5. The summed E-state index contributed by atoms with van der Waals surface area (Å²) in [7, 11) is 0. The minimum Gasteiger partial charge on any atom is -0.279 e. The number of imidazole rings is 1. The average Bonchev–Trinajstić information content (AvgIpc) is 4.13. The van der Waals surface area contributed by atoms with Gasteiger partial charge in [0.15, 0.2) is 0 Å². The Hall–Kier alpha value is -8.86. The summed E-state index contributed by atoms with van der Waals surface area (Å²) in [6.07, 6.45) is 0. The first-order valence-corrected chi connectivity index (χ1v) is 23.2. The summed E-state index contributed by atoms with van der Waals surface area (Å²) >= 11 is 0.